The Kier molecular flexibility index (Phi) is 3.69. The van der Waals surface area contributed by atoms with Crippen molar-refractivity contribution in [2.75, 3.05) is 0 Å². The quantitative estimate of drug-likeness (QED) is 0.588. The molecule has 1 aliphatic rings. The second kappa shape index (κ2) is 5.85. The summed E-state index contributed by atoms with van der Waals surface area (Å²) in [5.74, 6) is 1.53. The molecule has 5 nitrogen and oxygen atoms in total. The average Bonchev–Trinajstić information content (AvgIpc) is 3.19. The number of aromatic amines is 1. The van der Waals surface area contributed by atoms with Gasteiger partial charge < -0.3 is 4.42 Å². The standard InChI is InChI=1S/C17H17N3O2S/c1-2-15-18-17(20-19-15)23-9-12-8-16(21)22-14-7-11-5-3-4-10(11)6-13(12)14/h6-8H,2-5,9H2,1H3,(H,18,19,20). The fourth-order valence-electron chi connectivity index (χ4n) is 3.06. The summed E-state index contributed by atoms with van der Waals surface area (Å²) in [4.78, 5) is 16.3. The number of H-pyrrole nitrogens is 1. The number of fused-ring (bicyclic) bond motifs is 2. The molecule has 0 fully saturated rings. The molecule has 1 N–H and O–H groups in total. The molecule has 0 saturated carbocycles. The molecule has 1 aromatic carbocycles. The zero-order valence-electron chi connectivity index (χ0n) is 12.9. The molecule has 2 aromatic heterocycles. The summed E-state index contributed by atoms with van der Waals surface area (Å²) in [6.45, 7) is 2.03. The van der Waals surface area contributed by atoms with Gasteiger partial charge in [-0.25, -0.2) is 9.78 Å². The molecule has 0 amide bonds. The summed E-state index contributed by atoms with van der Waals surface area (Å²) in [6, 6.07) is 5.81. The molecule has 0 saturated heterocycles. The smallest absolute Gasteiger partial charge is 0.336 e. The van der Waals surface area contributed by atoms with Gasteiger partial charge in [-0.2, -0.15) is 0 Å². The van der Waals surface area contributed by atoms with Crippen LogP contribution in [0.5, 0.6) is 0 Å². The van der Waals surface area contributed by atoms with E-state index in [1.54, 1.807) is 6.07 Å². The summed E-state index contributed by atoms with van der Waals surface area (Å²) < 4.78 is 5.40. The van der Waals surface area contributed by atoms with Crippen LogP contribution in [0, 0.1) is 0 Å². The van der Waals surface area contributed by atoms with Gasteiger partial charge in [0.25, 0.3) is 0 Å². The summed E-state index contributed by atoms with van der Waals surface area (Å²) in [7, 11) is 0. The van der Waals surface area contributed by atoms with Crippen LogP contribution in [0.25, 0.3) is 11.0 Å². The van der Waals surface area contributed by atoms with Crippen LogP contribution in [0.4, 0.5) is 0 Å². The number of thioether (sulfide) groups is 1. The van der Waals surface area contributed by atoms with Crippen LogP contribution in [-0.2, 0) is 25.0 Å². The van der Waals surface area contributed by atoms with Gasteiger partial charge in [0, 0.05) is 23.6 Å². The Morgan fingerprint density at radius 1 is 1.26 bits per heavy atom. The normalized spacial score (nSPS) is 13.6. The number of aryl methyl sites for hydroxylation is 3. The third kappa shape index (κ3) is 2.79. The van der Waals surface area contributed by atoms with E-state index in [9.17, 15) is 4.79 Å². The molecular formula is C17H17N3O2S. The SMILES string of the molecule is CCc1nc(SCc2cc(=O)oc3cc4c(cc23)CCC4)n[nH]1. The van der Waals surface area contributed by atoms with E-state index in [2.05, 4.69) is 21.2 Å². The van der Waals surface area contributed by atoms with Crippen LogP contribution in [0.15, 0.2) is 32.6 Å². The fraction of sp³-hybridized carbons (Fsp3) is 0.353. The number of nitrogens with one attached hydrogen (secondary N) is 1. The van der Waals surface area contributed by atoms with Crippen molar-refractivity contribution in [2.24, 2.45) is 0 Å². The van der Waals surface area contributed by atoms with E-state index in [1.807, 2.05) is 13.0 Å². The first-order chi connectivity index (χ1) is 11.2. The highest BCUT2D eigenvalue weighted by atomic mass is 32.2. The molecule has 0 unspecified atom stereocenters. The van der Waals surface area contributed by atoms with Crippen molar-refractivity contribution in [3.8, 4) is 0 Å². The number of benzene rings is 1. The summed E-state index contributed by atoms with van der Waals surface area (Å²) in [6.07, 6.45) is 4.19. The monoisotopic (exact) mass is 327 g/mol. The predicted octanol–water partition coefficient (Wildman–Crippen LogP) is 3.25. The molecule has 0 aliphatic heterocycles. The summed E-state index contributed by atoms with van der Waals surface area (Å²) in [5, 5.41) is 8.84. The predicted molar refractivity (Wildman–Crippen MR) is 89.8 cm³/mol. The minimum atomic E-state index is -0.296. The number of hydrogen-bond donors (Lipinski definition) is 1. The third-order valence-corrected chi connectivity index (χ3v) is 5.14. The number of hydrogen-bond acceptors (Lipinski definition) is 5. The van der Waals surface area contributed by atoms with Gasteiger partial charge in [-0.15, -0.1) is 5.10 Å². The Balaban J connectivity index is 1.69. The number of rotatable bonds is 4. The summed E-state index contributed by atoms with van der Waals surface area (Å²) in [5.41, 5.74) is 4.07. The zero-order valence-corrected chi connectivity index (χ0v) is 13.7. The Bertz CT molecular complexity index is 929. The molecule has 2 heterocycles. The summed E-state index contributed by atoms with van der Waals surface area (Å²) >= 11 is 1.53. The van der Waals surface area contributed by atoms with Gasteiger partial charge in [0.05, 0.1) is 0 Å². The Morgan fingerprint density at radius 2 is 2.09 bits per heavy atom. The number of aromatic nitrogens is 3. The first-order valence-electron chi connectivity index (χ1n) is 7.85. The van der Waals surface area contributed by atoms with Crippen LogP contribution in [0.2, 0.25) is 0 Å². The lowest BCUT2D eigenvalue weighted by atomic mass is 10.0. The maximum Gasteiger partial charge on any atom is 0.336 e. The van der Waals surface area contributed by atoms with Gasteiger partial charge in [0.15, 0.2) is 0 Å². The minimum absolute atomic E-state index is 0.296. The highest BCUT2D eigenvalue weighted by Gasteiger charge is 2.15. The highest BCUT2D eigenvalue weighted by molar-refractivity contribution is 7.98. The average molecular weight is 327 g/mol. The highest BCUT2D eigenvalue weighted by Crippen LogP contribution is 2.30. The second-order valence-corrected chi connectivity index (χ2v) is 6.71. The van der Waals surface area contributed by atoms with Crippen LogP contribution >= 0.6 is 11.8 Å². The van der Waals surface area contributed by atoms with Crippen LogP contribution in [0.3, 0.4) is 0 Å². The zero-order chi connectivity index (χ0) is 15.8. The minimum Gasteiger partial charge on any atom is -0.423 e. The Hall–Kier alpha value is -2.08. The van der Waals surface area contributed by atoms with Crippen molar-refractivity contribution < 1.29 is 4.42 Å². The molecule has 0 radical (unpaired) electrons. The molecule has 0 atom stereocenters. The van der Waals surface area contributed by atoms with Crippen molar-refractivity contribution in [3.63, 3.8) is 0 Å². The first kappa shape index (κ1) is 14.5. The van der Waals surface area contributed by atoms with Crippen LogP contribution < -0.4 is 5.63 Å². The van der Waals surface area contributed by atoms with E-state index in [1.165, 1.54) is 29.3 Å². The molecule has 6 heteroatoms. The van der Waals surface area contributed by atoms with E-state index in [4.69, 9.17) is 4.42 Å². The van der Waals surface area contributed by atoms with E-state index >= 15 is 0 Å². The molecule has 118 valence electrons. The lowest BCUT2D eigenvalue weighted by Gasteiger charge is -2.07. The lowest BCUT2D eigenvalue weighted by molar-refractivity contribution is 0.559. The molecule has 0 spiro atoms. The molecule has 3 aromatic rings. The molecule has 1 aliphatic carbocycles. The fourth-order valence-corrected chi connectivity index (χ4v) is 3.87. The van der Waals surface area contributed by atoms with Gasteiger partial charge in [-0.1, -0.05) is 18.7 Å². The molecule has 4 rings (SSSR count). The largest absolute Gasteiger partial charge is 0.423 e. The van der Waals surface area contributed by atoms with E-state index in [-0.39, 0.29) is 5.63 Å². The van der Waals surface area contributed by atoms with Crippen molar-refractivity contribution >= 4 is 22.7 Å². The van der Waals surface area contributed by atoms with Gasteiger partial charge >= 0.3 is 5.63 Å². The van der Waals surface area contributed by atoms with Crippen LogP contribution in [0.1, 0.15) is 35.9 Å². The second-order valence-electron chi connectivity index (χ2n) is 5.77. The number of nitrogens with zero attached hydrogens (tertiary/aromatic N) is 2. The lowest BCUT2D eigenvalue weighted by Crippen LogP contribution is -2.01. The van der Waals surface area contributed by atoms with E-state index < -0.39 is 0 Å². The van der Waals surface area contributed by atoms with E-state index in [0.717, 1.165) is 36.0 Å². The maximum absolute atomic E-state index is 11.9. The Morgan fingerprint density at radius 3 is 2.87 bits per heavy atom. The van der Waals surface area contributed by atoms with Crippen molar-refractivity contribution in [1.82, 2.24) is 15.2 Å². The van der Waals surface area contributed by atoms with Crippen LogP contribution in [-0.4, -0.2) is 15.2 Å². The van der Waals surface area contributed by atoms with Crippen molar-refractivity contribution in [1.29, 1.82) is 0 Å². The molecular weight excluding hydrogens is 310 g/mol. The Labute approximate surface area is 137 Å². The van der Waals surface area contributed by atoms with Gasteiger partial charge in [-0.05, 0) is 48.1 Å². The molecule has 0 bridgehead atoms. The van der Waals surface area contributed by atoms with Gasteiger partial charge in [0.2, 0.25) is 5.16 Å². The first-order valence-corrected chi connectivity index (χ1v) is 8.84. The maximum atomic E-state index is 11.9. The van der Waals surface area contributed by atoms with Gasteiger partial charge in [-0.3, -0.25) is 5.10 Å². The topological polar surface area (TPSA) is 71.8 Å². The van der Waals surface area contributed by atoms with Crippen molar-refractivity contribution in [2.45, 2.75) is 43.5 Å². The van der Waals surface area contributed by atoms with Crippen molar-refractivity contribution in [3.05, 3.63) is 51.1 Å². The molecule has 23 heavy (non-hydrogen) atoms. The third-order valence-electron chi connectivity index (χ3n) is 4.25. The van der Waals surface area contributed by atoms with E-state index in [0.29, 0.717) is 16.5 Å². The van der Waals surface area contributed by atoms with Gasteiger partial charge in [0.1, 0.15) is 11.4 Å².